The van der Waals surface area contributed by atoms with Gasteiger partial charge in [-0.25, -0.2) is 0 Å². The molecular formula is C15H24N2O3. The highest BCUT2D eigenvalue weighted by atomic mass is 16.5. The normalized spacial score (nSPS) is 12.8. The van der Waals surface area contributed by atoms with Crippen molar-refractivity contribution in [3.63, 3.8) is 0 Å². The first-order valence-electron chi connectivity index (χ1n) is 6.57. The third-order valence-electron chi connectivity index (χ3n) is 3.42. The lowest BCUT2D eigenvalue weighted by atomic mass is 9.92. The van der Waals surface area contributed by atoms with E-state index in [-0.39, 0.29) is 11.9 Å². The van der Waals surface area contributed by atoms with Gasteiger partial charge in [-0.05, 0) is 38.5 Å². The molecule has 1 unspecified atom stereocenters. The van der Waals surface area contributed by atoms with Crippen molar-refractivity contribution in [1.82, 2.24) is 5.32 Å². The van der Waals surface area contributed by atoms with Gasteiger partial charge in [0.25, 0.3) is 0 Å². The highest BCUT2D eigenvalue weighted by molar-refractivity contribution is 5.80. The summed E-state index contributed by atoms with van der Waals surface area (Å²) in [7, 11) is 3.21. The molecule has 1 amide bonds. The highest BCUT2D eigenvalue weighted by Gasteiger charge is 2.25. The summed E-state index contributed by atoms with van der Waals surface area (Å²) in [6.45, 7) is 6.18. The summed E-state index contributed by atoms with van der Waals surface area (Å²) in [5.41, 5.74) is 5.84. The zero-order valence-corrected chi connectivity index (χ0v) is 12.8. The van der Waals surface area contributed by atoms with Crippen LogP contribution in [0.2, 0.25) is 0 Å². The van der Waals surface area contributed by atoms with Crippen molar-refractivity contribution in [2.75, 3.05) is 20.8 Å². The van der Waals surface area contributed by atoms with Crippen LogP contribution in [-0.2, 0) is 4.79 Å². The van der Waals surface area contributed by atoms with E-state index in [1.165, 1.54) is 0 Å². The second-order valence-electron chi connectivity index (χ2n) is 5.47. The van der Waals surface area contributed by atoms with E-state index in [2.05, 4.69) is 5.32 Å². The predicted molar refractivity (Wildman–Crippen MR) is 78.9 cm³/mol. The number of carbonyl (C=O) groups is 1. The molecule has 1 aromatic carbocycles. The lowest BCUT2D eigenvalue weighted by molar-refractivity contribution is -0.125. The van der Waals surface area contributed by atoms with E-state index in [9.17, 15) is 4.79 Å². The van der Waals surface area contributed by atoms with Crippen molar-refractivity contribution in [3.05, 3.63) is 23.8 Å². The average Bonchev–Trinajstić information content (AvgIpc) is 2.43. The Balaban J connectivity index is 2.78. The Kier molecular flexibility index (Phi) is 5.39. The molecule has 0 saturated heterocycles. The lowest BCUT2D eigenvalue weighted by Gasteiger charge is -2.24. The van der Waals surface area contributed by atoms with Gasteiger partial charge in [0, 0.05) is 12.6 Å². The van der Waals surface area contributed by atoms with Crippen LogP contribution in [0.3, 0.4) is 0 Å². The molecule has 5 nitrogen and oxygen atoms in total. The van der Waals surface area contributed by atoms with Gasteiger partial charge in [-0.2, -0.15) is 0 Å². The van der Waals surface area contributed by atoms with Crippen molar-refractivity contribution >= 4 is 5.91 Å². The zero-order valence-electron chi connectivity index (χ0n) is 12.8. The first-order chi connectivity index (χ1) is 9.31. The van der Waals surface area contributed by atoms with Crippen LogP contribution in [0.15, 0.2) is 18.2 Å². The van der Waals surface area contributed by atoms with Gasteiger partial charge in [0.05, 0.1) is 19.6 Å². The molecule has 0 aliphatic heterocycles. The quantitative estimate of drug-likeness (QED) is 0.799. The molecule has 0 bridgehead atoms. The second-order valence-corrected chi connectivity index (χ2v) is 5.47. The van der Waals surface area contributed by atoms with Crippen molar-refractivity contribution in [2.45, 2.75) is 26.8 Å². The van der Waals surface area contributed by atoms with E-state index in [0.29, 0.717) is 18.0 Å². The molecule has 5 heteroatoms. The fraction of sp³-hybridized carbons (Fsp3) is 0.533. The number of ether oxygens (including phenoxy) is 2. The van der Waals surface area contributed by atoms with Gasteiger partial charge in [0.1, 0.15) is 0 Å². The van der Waals surface area contributed by atoms with Crippen LogP contribution in [0.1, 0.15) is 32.4 Å². The number of carbonyl (C=O) groups excluding carboxylic acids is 1. The highest BCUT2D eigenvalue weighted by Crippen LogP contribution is 2.30. The first-order valence-corrected chi connectivity index (χ1v) is 6.57. The van der Waals surface area contributed by atoms with E-state index >= 15 is 0 Å². The molecule has 0 aliphatic rings. The number of methoxy groups -OCH3 is 2. The molecule has 1 rings (SSSR count). The van der Waals surface area contributed by atoms with Gasteiger partial charge >= 0.3 is 0 Å². The molecule has 0 fully saturated rings. The molecule has 0 heterocycles. The second kappa shape index (κ2) is 6.61. The van der Waals surface area contributed by atoms with Crippen LogP contribution in [0.4, 0.5) is 0 Å². The Hall–Kier alpha value is -1.75. The Morgan fingerprint density at radius 3 is 2.40 bits per heavy atom. The number of rotatable bonds is 7. The van der Waals surface area contributed by atoms with Crippen molar-refractivity contribution in [3.8, 4) is 11.5 Å². The molecule has 1 aromatic rings. The number of nitrogens with one attached hydrogen (secondary N) is 1. The summed E-state index contributed by atoms with van der Waals surface area (Å²) in [4.78, 5) is 11.3. The lowest BCUT2D eigenvalue weighted by Crippen LogP contribution is -2.41. The average molecular weight is 280 g/mol. The number of nitrogens with two attached hydrogens (primary N) is 1. The minimum absolute atomic E-state index is 0.0773. The summed E-state index contributed by atoms with van der Waals surface area (Å²) in [6, 6.07) is 5.84. The third-order valence-corrected chi connectivity index (χ3v) is 3.42. The summed E-state index contributed by atoms with van der Waals surface area (Å²) in [5, 5.41) is 3.31. The summed E-state index contributed by atoms with van der Waals surface area (Å²) in [6.07, 6.45) is 0. The van der Waals surface area contributed by atoms with Crippen molar-refractivity contribution in [1.29, 1.82) is 0 Å². The van der Waals surface area contributed by atoms with Gasteiger partial charge in [-0.3, -0.25) is 4.79 Å². The SMILES string of the molecule is COc1ccc(C(C)NCC(C)(C)C(N)=O)cc1OC. The Morgan fingerprint density at radius 2 is 1.90 bits per heavy atom. The summed E-state index contributed by atoms with van der Waals surface area (Å²) in [5.74, 6) is 1.07. The molecule has 0 aliphatic carbocycles. The molecule has 20 heavy (non-hydrogen) atoms. The maximum atomic E-state index is 11.3. The fourth-order valence-electron chi connectivity index (χ4n) is 1.74. The summed E-state index contributed by atoms with van der Waals surface area (Å²) < 4.78 is 10.5. The van der Waals surface area contributed by atoms with Crippen molar-refractivity contribution in [2.24, 2.45) is 11.1 Å². The topological polar surface area (TPSA) is 73.6 Å². The number of benzene rings is 1. The first kappa shape index (κ1) is 16.3. The number of hydrogen-bond acceptors (Lipinski definition) is 4. The molecule has 3 N–H and O–H groups in total. The van der Waals surface area contributed by atoms with Crippen LogP contribution in [0.5, 0.6) is 11.5 Å². The largest absolute Gasteiger partial charge is 0.493 e. The van der Waals surface area contributed by atoms with Gasteiger partial charge in [-0.15, -0.1) is 0 Å². The Labute approximate surface area is 120 Å². The Bertz CT molecular complexity index is 472. The predicted octanol–water partition coefficient (Wildman–Crippen LogP) is 1.87. The molecular weight excluding hydrogens is 256 g/mol. The maximum Gasteiger partial charge on any atom is 0.224 e. The molecule has 112 valence electrons. The van der Waals surface area contributed by atoms with E-state index in [1.807, 2.05) is 39.0 Å². The molecule has 1 atom stereocenters. The van der Waals surface area contributed by atoms with Gasteiger partial charge < -0.3 is 20.5 Å². The maximum absolute atomic E-state index is 11.3. The Morgan fingerprint density at radius 1 is 1.30 bits per heavy atom. The standard InChI is InChI=1S/C15H24N2O3/c1-10(17-9-15(2,3)14(16)18)11-6-7-12(19-4)13(8-11)20-5/h6-8,10,17H,9H2,1-5H3,(H2,16,18). The monoisotopic (exact) mass is 280 g/mol. The van der Waals surface area contributed by atoms with Gasteiger partial charge in [0.2, 0.25) is 5.91 Å². The molecule has 0 spiro atoms. The summed E-state index contributed by atoms with van der Waals surface area (Å²) >= 11 is 0. The van der Waals surface area contributed by atoms with E-state index in [0.717, 1.165) is 5.56 Å². The van der Waals surface area contributed by atoms with E-state index < -0.39 is 5.41 Å². The van der Waals surface area contributed by atoms with Crippen LogP contribution < -0.4 is 20.5 Å². The smallest absolute Gasteiger partial charge is 0.224 e. The van der Waals surface area contributed by atoms with Gasteiger partial charge in [-0.1, -0.05) is 6.07 Å². The molecule has 0 aromatic heterocycles. The molecule has 0 saturated carbocycles. The van der Waals surface area contributed by atoms with Crippen molar-refractivity contribution < 1.29 is 14.3 Å². The minimum Gasteiger partial charge on any atom is -0.493 e. The zero-order chi connectivity index (χ0) is 15.3. The van der Waals surface area contributed by atoms with Gasteiger partial charge in [0.15, 0.2) is 11.5 Å². The number of primary amides is 1. The van der Waals surface area contributed by atoms with Crippen LogP contribution in [-0.4, -0.2) is 26.7 Å². The van der Waals surface area contributed by atoms with E-state index in [1.54, 1.807) is 14.2 Å². The molecule has 0 radical (unpaired) electrons. The fourth-order valence-corrected chi connectivity index (χ4v) is 1.74. The van der Waals surface area contributed by atoms with Crippen LogP contribution in [0, 0.1) is 5.41 Å². The van der Waals surface area contributed by atoms with E-state index in [4.69, 9.17) is 15.2 Å². The number of hydrogen-bond donors (Lipinski definition) is 2. The third kappa shape index (κ3) is 3.87. The van der Waals surface area contributed by atoms with Crippen LogP contribution in [0.25, 0.3) is 0 Å². The van der Waals surface area contributed by atoms with Crippen LogP contribution >= 0.6 is 0 Å². The minimum atomic E-state index is -0.579. The number of amides is 1.